The molecule has 2 aromatic carbocycles. The average Bonchev–Trinajstić information content (AvgIpc) is 3.11. The molecule has 0 fully saturated rings. The molecule has 1 aromatic heterocycles. The predicted molar refractivity (Wildman–Crippen MR) is 122 cm³/mol. The van der Waals surface area contributed by atoms with Crippen LogP contribution in [0.5, 0.6) is 0 Å². The van der Waals surface area contributed by atoms with Crippen LogP contribution in [0.15, 0.2) is 41.8 Å². The number of thiazole rings is 1. The summed E-state index contributed by atoms with van der Waals surface area (Å²) in [5, 5.41) is 2.67. The van der Waals surface area contributed by atoms with Crippen LogP contribution < -0.4 is 4.90 Å². The zero-order valence-electron chi connectivity index (χ0n) is 17.3. The molecule has 3 nitrogen and oxygen atoms in total. The summed E-state index contributed by atoms with van der Waals surface area (Å²) in [7, 11) is 0. The Morgan fingerprint density at radius 1 is 1.21 bits per heavy atom. The van der Waals surface area contributed by atoms with Crippen LogP contribution in [0.25, 0.3) is 0 Å². The summed E-state index contributed by atoms with van der Waals surface area (Å²) in [6.45, 7) is 9.65. The molecule has 152 valence electrons. The normalized spacial score (nSPS) is 12.1. The lowest BCUT2D eigenvalue weighted by Gasteiger charge is -2.23. The fourth-order valence-electron chi connectivity index (χ4n) is 3.48. The number of aryl methyl sites for hydroxylation is 3. The van der Waals surface area contributed by atoms with E-state index in [9.17, 15) is 9.18 Å². The Balaban J connectivity index is 1.80. The van der Waals surface area contributed by atoms with Crippen LogP contribution >= 0.6 is 23.1 Å². The van der Waals surface area contributed by atoms with Crippen LogP contribution in [-0.2, 0) is 10.5 Å². The number of hydrogen-bond acceptors (Lipinski definition) is 4. The Morgan fingerprint density at radius 3 is 2.48 bits per heavy atom. The number of halogens is 1. The van der Waals surface area contributed by atoms with Crippen LogP contribution in [0.4, 0.5) is 15.2 Å². The fraction of sp³-hybridized carbons (Fsp3) is 0.304. The monoisotopic (exact) mass is 428 g/mol. The molecule has 0 bridgehead atoms. The molecule has 0 aliphatic carbocycles. The molecule has 1 amide bonds. The first-order valence-corrected chi connectivity index (χ1v) is 11.4. The van der Waals surface area contributed by atoms with Crippen molar-refractivity contribution in [3.8, 4) is 0 Å². The van der Waals surface area contributed by atoms with Gasteiger partial charge in [0.05, 0.1) is 11.4 Å². The summed E-state index contributed by atoms with van der Waals surface area (Å²) in [6.07, 6.45) is 0. The van der Waals surface area contributed by atoms with Crippen molar-refractivity contribution in [1.29, 1.82) is 0 Å². The molecule has 29 heavy (non-hydrogen) atoms. The van der Waals surface area contributed by atoms with E-state index >= 15 is 0 Å². The molecular weight excluding hydrogens is 403 g/mol. The predicted octanol–water partition coefficient (Wildman–Crippen LogP) is 6.89. The summed E-state index contributed by atoms with van der Waals surface area (Å²) < 4.78 is 14.0. The number of benzene rings is 2. The van der Waals surface area contributed by atoms with Gasteiger partial charge in [-0.1, -0.05) is 35.9 Å². The van der Waals surface area contributed by atoms with E-state index in [4.69, 9.17) is 4.98 Å². The first kappa shape index (κ1) is 21.5. The SMILES string of the molecule is CC(=O)N(c1nc(CSC(C)c2ccccc2F)cs1)c1c(C)cc(C)cc1C. The van der Waals surface area contributed by atoms with Crippen molar-refractivity contribution in [2.24, 2.45) is 0 Å². The number of hydrogen-bond donors (Lipinski definition) is 0. The molecule has 1 heterocycles. The van der Waals surface area contributed by atoms with Crippen LogP contribution in [0.2, 0.25) is 0 Å². The van der Waals surface area contributed by atoms with E-state index in [1.54, 1.807) is 29.7 Å². The quantitative estimate of drug-likeness (QED) is 0.429. The topological polar surface area (TPSA) is 33.2 Å². The van der Waals surface area contributed by atoms with Gasteiger partial charge in [0.1, 0.15) is 5.82 Å². The third-order valence-electron chi connectivity index (χ3n) is 4.73. The van der Waals surface area contributed by atoms with Gasteiger partial charge in [0.15, 0.2) is 5.13 Å². The third-order valence-corrected chi connectivity index (χ3v) is 6.82. The average molecular weight is 429 g/mol. The van der Waals surface area contributed by atoms with Crippen LogP contribution in [-0.4, -0.2) is 10.9 Å². The number of anilines is 2. The van der Waals surface area contributed by atoms with Gasteiger partial charge >= 0.3 is 0 Å². The van der Waals surface area contributed by atoms with Crippen LogP contribution in [0, 0.1) is 26.6 Å². The number of thioether (sulfide) groups is 1. The number of amides is 1. The maximum absolute atomic E-state index is 14.0. The van der Waals surface area contributed by atoms with E-state index in [-0.39, 0.29) is 17.0 Å². The summed E-state index contributed by atoms with van der Waals surface area (Å²) >= 11 is 3.09. The highest BCUT2D eigenvalue weighted by Crippen LogP contribution is 2.37. The van der Waals surface area contributed by atoms with Crippen molar-refractivity contribution in [3.63, 3.8) is 0 Å². The minimum Gasteiger partial charge on any atom is -0.274 e. The Bertz CT molecular complexity index is 1010. The molecule has 1 unspecified atom stereocenters. The first-order valence-electron chi connectivity index (χ1n) is 9.47. The maximum Gasteiger partial charge on any atom is 0.230 e. The van der Waals surface area contributed by atoms with Crippen molar-refractivity contribution >= 4 is 39.8 Å². The molecular formula is C23H25FN2OS2. The lowest BCUT2D eigenvalue weighted by atomic mass is 10.0. The van der Waals surface area contributed by atoms with Gasteiger partial charge in [-0.3, -0.25) is 9.69 Å². The van der Waals surface area contributed by atoms with Crippen LogP contribution in [0.3, 0.4) is 0 Å². The van der Waals surface area contributed by atoms with E-state index in [2.05, 4.69) is 19.1 Å². The third kappa shape index (κ3) is 4.87. The zero-order chi connectivity index (χ0) is 21.1. The van der Waals surface area contributed by atoms with Gasteiger partial charge in [-0.15, -0.1) is 23.1 Å². The summed E-state index contributed by atoms with van der Waals surface area (Å²) in [5.74, 6) is 0.414. The minimum atomic E-state index is -0.181. The molecule has 0 aliphatic rings. The highest BCUT2D eigenvalue weighted by atomic mass is 32.2. The van der Waals surface area contributed by atoms with Gasteiger partial charge in [-0.05, 0) is 44.9 Å². The Morgan fingerprint density at radius 2 is 1.86 bits per heavy atom. The number of rotatable bonds is 6. The summed E-state index contributed by atoms with van der Waals surface area (Å²) in [5.41, 5.74) is 5.77. The van der Waals surface area contributed by atoms with Crippen LogP contribution in [0.1, 0.15) is 47.0 Å². The second-order valence-electron chi connectivity index (χ2n) is 7.20. The highest BCUT2D eigenvalue weighted by molar-refractivity contribution is 7.98. The Kier molecular flexibility index (Phi) is 6.75. The van der Waals surface area contributed by atoms with Crippen molar-refractivity contribution in [2.75, 3.05) is 4.90 Å². The number of aromatic nitrogens is 1. The number of nitrogens with zero attached hydrogens (tertiary/aromatic N) is 2. The largest absolute Gasteiger partial charge is 0.274 e. The van der Waals surface area contributed by atoms with Gasteiger partial charge in [0.25, 0.3) is 0 Å². The summed E-state index contributed by atoms with van der Waals surface area (Å²) in [4.78, 5) is 18.9. The van der Waals surface area contributed by atoms with E-state index in [1.165, 1.54) is 23.0 Å². The standard InChI is InChI=1S/C23H25FN2OS2/c1-14-10-15(2)22(16(3)11-14)26(18(5)27)23-25-19(13-29-23)12-28-17(4)20-8-6-7-9-21(20)24/h6-11,13,17H,12H2,1-5H3. The maximum atomic E-state index is 14.0. The molecule has 0 saturated heterocycles. The molecule has 0 N–H and O–H groups in total. The smallest absolute Gasteiger partial charge is 0.230 e. The van der Waals surface area contributed by atoms with Crippen molar-refractivity contribution in [2.45, 2.75) is 45.6 Å². The second kappa shape index (κ2) is 9.09. The lowest BCUT2D eigenvalue weighted by molar-refractivity contribution is -0.115. The Hall–Kier alpha value is -2.18. The van der Waals surface area contributed by atoms with Crippen molar-refractivity contribution < 1.29 is 9.18 Å². The molecule has 3 aromatic rings. The molecule has 0 aliphatic heterocycles. The zero-order valence-corrected chi connectivity index (χ0v) is 19.0. The molecule has 1 atom stereocenters. The Labute approximate surface area is 180 Å². The molecule has 6 heteroatoms. The molecule has 3 rings (SSSR count). The molecule has 0 radical (unpaired) electrons. The highest BCUT2D eigenvalue weighted by Gasteiger charge is 2.22. The molecule has 0 saturated carbocycles. The molecule has 0 spiro atoms. The fourth-order valence-corrected chi connectivity index (χ4v) is 5.40. The summed E-state index contributed by atoms with van der Waals surface area (Å²) in [6, 6.07) is 11.0. The van der Waals surface area contributed by atoms with E-state index < -0.39 is 0 Å². The number of carbonyl (C=O) groups is 1. The van der Waals surface area contributed by atoms with Crippen molar-refractivity contribution in [1.82, 2.24) is 4.98 Å². The van der Waals surface area contributed by atoms with Gasteiger partial charge < -0.3 is 0 Å². The number of carbonyl (C=O) groups excluding carboxylic acids is 1. The van der Waals surface area contributed by atoms with Gasteiger partial charge in [-0.25, -0.2) is 9.37 Å². The second-order valence-corrected chi connectivity index (χ2v) is 9.36. The van der Waals surface area contributed by atoms with Gasteiger partial charge in [0.2, 0.25) is 5.91 Å². The van der Waals surface area contributed by atoms with E-state index in [0.717, 1.165) is 22.5 Å². The van der Waals surface area contributed by atoms with E-state index in [1.807, 2.05) is 38.3 Å². The van der Waals surface area contributed by atoms with Crippen molar-refractivity contribution in [3.05, 3.63) is 75.5 Å². The van der Waals surface area contributed by atoms with E-state index in [0.29, 0.717) is 16.4 Å². The first-order chi connectivity index (χ1) is 13.8. The van der Waals surface area contributed by atoms with Gasteiger partial charge in [0, 0.05) is 28.9 Å². The van der Waals surface area contributed by atoms with Gasteiger partial charge in [-0.2, -0.15) is 0 Å². The minimum absolute atomic E-state index is 0.0202. The lowest BCUT2D eigenvalue weighted by Crippen LogP contribution is -2.24.